The lowest BCUT2D eigenvalue weighted by molar-refractivity contribution is 0.241. The summed E-state index contributed by atoms with van der Waals surface area (Å²) >= 11 is 0. The van der Waals surface area contributed by atoms with Crippen LogP contribution in [0, 0.1) is 0 Å². The van der Waals surface area contributed by atoms with Crippen molar-refractivity contribution in [1.29, 1.82) is 0 Å². The zero-order valence-electron chi connectivity index (χ0n) is 17.4. The number of aromatic amines is 1. The molecule has 0 amide bonds. The molecule has 3 heterocycles. The average Bonchev–Trinajstić information content (AvgIpc) is 2.69. The van der Waals surface area contributed by atoms with Gasteiger partial charge in [-0.1, -0.05) is 32.9 Å². The van der Waals surface area contributed by atoms with Crippen LogP contribution >= 0.6 is 0 Å². The monoisotopic (exact) mass is 380 g/mol. The second kappa shape index (κ2) is 7.70. The molecule has 28 heavy (non-hydrogen) atoms. The van der Waals surface area contributed by atoms with E-state index in [1.165, 1.54) is 43.6 Å². The van der Waals surface area contributed by atoms with Crippen LogP contribution in [0.15, 0.2) is 29.1 Å². The van der Waals surface area contributed by atoms with Crippen LogP contribution in [0.4, 0.5) is 5.69 Å². The highest BCUT2D eigenvalue weighted by Crippen LogP contribution is 2.23. The summed E-state index contributed by atoms with van der Waals surface area (Å²) in [7, 11) is 0. The zero-order chi connectivity index (χ0) is 19.7. The van der Waals surface area contributed by atoms with Crippen LogP contribution in [0.1, 0.15) is 62.7 Å². The van der Waals surface area contributed by atoms with Crippen molar-refractivity contribution >= 4 is 5.69 Å². The highest BCUT2D eigenvalue weighted by molar-refractivity contribution is 5.47. The standard InChI is InChI=1S/C23H32N4O/c1-23(2,3)22-24-20-11-14-26(16-19(20)21(28)25-22)15-17-7-9-18(10-8-17)27-12-5-4-6-13-27/h7-10H,4-6,11-16H2,1-3H3,(H,24,25,28). The van der Waals surface area contributed by atoms with E-state index in [9.17, 15) is 4.79 Å². The van der Waals surface area contributed by atoms with Gasteiger partial charge in [0.05, 0.1) is 11.3 Å². The minimum Gasteiger partial charge on any atom is -0.372 e. The Morgan fingerprint density at radius 2 is 1.75 bits per heavy atom. The third-order valence-corrected chi connectivity index (χ3v) is 5.92. The number of nitrogens with one attached hydrogen (secondary N) is 1. The summed E-state index contributed by atoms with van der Waals surface area (Å²) in [5.41, 5.74) is 4.35. The van der Waals surface area contributed by atoms with E-state index in [1.54, 1.807) is 0 Å². The van der Waals surface area contributed by atoms with Crippen molar-refractivity contribution in [2.75, 3.05) is 24.5 Å². The van der Waals surface area contributed by atoms with Crippen molar-refractivity contribution in [2.24, 2.45) is 0 Å². The number of H-pyrrole nitrogens is 1. The fourth-order valence-electron chi connectivity index (χ4n) is 4.19. The van der Waals surface area contributed by atoms with Crippen molar-refractivity contribution < 1.29 is 0 Å². The van der Waals surface area contributed by atoms with Gasteiger partial charge in [-0.3, -0.25) is 9.69 Å². The van der Waals surface area contributed by atoms with Gasteiger partial charge in [-0.2, -0.15) is 0 Å². The van der Waals surface area contributed by atoms with Crippen molar-refractivity contribution in [1.82, 2.24) is 14.9 Å². The van der Waals surface area contributed by atoms with E-state index in [2.05, 4.69) is 59.8 Å². The van der Waals surface area contributed by atoms with E-state index in [1.807, 2.05) is 0 Å². The molecule has 5 nitrogen and oxygen atoms in total. The molecule has 1 saturated heterocycles. The van der Waals surface area contributed by atoms with Gasteiger partial charge in [-0.05, 0) is 37.0 Å². The van der Waals surface area contributed by atoms with Crippen LogP contribution in [0.5, 0.6) is 0 Å². The van der Waals surface area contributed by atoms with Crippen LogP contribution in [0.3, 0.4) is 0 Å². The van der Waals surface area contributed by atoms with Gasteiger partial charge in [0.15, 0.2) is 0 Å². The molecule has 0 spiro atoms. The minimum absolute atomic E-state index is 0.0278. The van der Waals surface area contributed by atoms with E-state index in [0.717, 1.165) is 36.6 Å². The Bertz CT molecular complexity index is 873. The average molecular weight is 381 g/mol. The highest BCUT2D eigenvalue weighted by atomic mass is 16.1. The first-order chi connectivity index (χ1) is 13.4. The van der Waals surface area contributed by atoms with Gasteiger partial charge in [0.25, 0.3) is 5.56 Å². The smallest absolute Gasteiger partial charge is 0.255 e. The normalized spacial score (nSPS) is 18.2. The van der Waals surface area contributed by atoms with Gasteiger partial charge >= 0.3 is 0 Å². The van der Waals surface area contributed by atoms with E-state index in [4.69, 9.17) is 4.98 Å². The lowest BCUT2D eigenvalue weighted by Crippen LogP contribution is -2.37. The first-order valence-electron chi connectivity index (χ1n) is 10.6. The summed E-state index contributed by atoms with van der Waals surface area (Å²) < 4.78 is 0. The van der Waals surface area contributed by atoms with E-state index in [0.29, 0.717) is 6.54 Å². The number of nitrogens with zero attached hydrogens (tertiary/aromatic N) is 3. The zero-order valence-corrected chi connectivity index (χ0v) is 17.4. The molecule has 4 rings (SSSR count). The molecule has 0 radical (unpaired) electrons. The fourth-order valence-corrected chi connectivity index (χ4v) is 4.19. The summed E-state index contributed by atoms with van der Waals surface area (Å²) in [4.78, 5) is 25.2. The maximum atomic E-state index is 12.6. The molecule has 150 valence electrons. The predicted octanol–water partition coefficient (Wildman–Crippen LogP) is 3.62. The predicted molar refractivity (Wildman–Crippen MR) is 114 cm³/mol. The quantitative estimate of drug-likeness (QED) is 0.884. The molecule has 5 heteroatoms. The Hall–Kier alpha value is -2.14. The number of rotatable bonds is 3. The fraction of sp³-hybridized carbons (Fsp3) is 0.565. The van der Waals surface area contributed by atoms with E-state index in [-0.39, 0.29) is 11.0 Å². The molecule has 2 aromatic rings. The first kappa shape index (κ1) is 19.2. The molecule has 2 aliphatic heterocycles. The molecule has 0 aliphatic carbocycles. The van der Waals surface area contributed by atoms with Crippen molar-refractivity contribution in [3.8, 4) is 0 Å². The SMILES string of the molecule is CC(C)(C)c1nc2c(c(=O)[nH]1)CN(Cc1ccc(N3CCCCC3)cc1)CC2. The lowest BCUT2D eigenvalue weighted by atomic mass is 9.95. The highest BCUT2D eigenvalue weighted by Gasteiger charge is 2.24. The third-order valence-electron chi connectivity index (χ3n) is 5.92. The van der Waals surface area contributed by atoms with Crippen molar-refractivity contribution in [3.05, 3.63) is 57.3 Å². The summed E-state index contributed by atoms with van der Waals surface area (Å²) in [6.45, 7) is 11.1. The van der Waals surface area contributed by atoms with Crippen LogP contribution in [-0.2, 0) is 24.9 Å². The third kappa shape index (κ3) is 4.14. The number of benzene rings is 1. The largest absolute Gasteiger partial charge is 0.372 e. The van der Waals surface area contributed by atoms with Gasteiger partial charge in [-0.25, -0.2) is 4.98 Å². The molecule has 1 N–H and O–H groups in total. The molecule has 2 aliphatic rings. The lowest BCUT2D eigenvalue weighted by Gasteiger charge is -2.30. The second-order valence-corrected chi connectivity index (χ2v) is 9.26. The van der Waals surface area contributed by atoms with Crippen LogP contribution in [0.2, 0.25) is 0 Å². The van der Waals surface area contributed by atoms with Crippen LogP contribution < -0.4 is 10.5 Å². The van der Waals surface area contributed by atoms with Gasteiger partial charge in [0.2, 0.25) is 0 Å². The Morgan fingerprint density at radius 3 is 2.43 bits per heavy atom. The topological polar surface area (TPSA) is 52.2 Å². The number of aromatic nitrogens is 2. The maximum absolute atomic E-state index is 12.6. The van der Waals surface area contributed by atoms with Gasteiger partial charge in [-0.15, -0.1) is 0 Å². The molecule has 1 fully saturated rings. The van der Waals surface area contributed by atoms with Crippen molar-refractivity contribution in [2.45, 2.75) is 65.0 Å². The molecule has 0 bridgehead atoms. The number of fused-ring (bicyclic) bond motifs is 1. The summed E-state index contributed by atoms with van der Waals surface area (Å²) in [5, 5.41) is 0. The number of piperidine rings is 1. The number of hydrogen-bond donors (Lipinski definition) is 1. The number of anilines is 1. The Balaban J connectivity index is 1.44. The maximum Gasteiger partial charge on any atom is 0.255 e. The Morgan fingerprint density at radius 1 is 1.04 bits per heavy atom. The van der Waals surface area contributed by atoms with E-state index >= 15 is 0 Å². The van der Waals surface area contributed by atoms with Crippen molar-refractivity contribution in [3.63, 3.8) is 0 Å². The summed E-state index contributed by atoms with van der Waals surface area (Å²) in [6.07, 6.45) is 4.80. The van der Waals surface area contributed by atoms with Gasteiger partial charge < -0.3 is 9.88 Å². The van der Waals surface area contributed by atoms with Crippen LogP contribution in [0.25, 0.3) is 0 Å². The molecule has 0 saturated carbocycles. The molecule has 0 atom stereocenters. The molecule has 1 aromatic carbocycles. The number of hydrogen-bond acceptors (Lipinski definition) is 4. The molecular formula is C23H32N4O. The Labute approximate surface area is 167 Å². The van der Waals surface area contributed by atoms with Crippen LogP contribution in [-0.4, -0.2) is 34.5 Å². The van der Waals surface area contributed by atoms with Gasteiger partial charge in [0.1, 0.15) is 5.82 Å². The Kier molecular flexibility index (Phi) is 5.28. The minimum atomic E-state index is -0.137. The molecular weight excluding hydrogens is 348 g/mol. The first-order valence-corrected chi connectivity index (χ1v) is 10.6. The second-order valence-electron chi connectivity index (χ2n) is 9.26. The summed E-state index contributed by atoms with van der Waals surface area (Å²) in [5.74, 6) is 0.790. The van der Waals surface area contributed by atoms with Gasteiger partial charge in [0, 0.05) is 50.2 Å². The molecule has 0 unspecified atom stereocenters. The summed E-state index contributed by atoms with van der Waals surface area (Å²) in [6, 6.07) is 8.99. The van der Waals surface area contributed by atoms with E-state index < -0.39 is 0 Å². The molecule has 1 aromatic heterocycles.